The fourth-order valence-corrected chi connectivity index (χ4v) is 3.44. The third-order valence-electron chi connectivity index (χ3n) is 4.35. The zero-order valence-electron chi connectivity index (χ0n) is 14.8. The molecule has 2 N–H and O–H groups in total. The van der Waals surface area contributed by atoms with Gasteiger partial charge in [-0.05, 0) is 57.2 Å². The Balaban J connectivity index is 2.16. The van der Waals surface area contributed by atoms with Gasteiger partial charge in [-0.2, -0.15) is 5.26 Å². The van der Waals surface area contributed by atoms with Gasteiger partial charge in [0, 0.05) is 17.5 Å². The molecule has 1 aliphatic rings. The van der Waals surface area contributed by atoms with E-state index in [9.17, 15) is 14.7 Å². The van der Waals surface area contributed by atoms with Crippen LogP contribution in [0.15, 0.2) is 24.3 Å². The molecule has 6 heteroatoms. The van der Waals surface area contributed by atoms with Crippen molar-refractivity contribution in [3.05, 3.63) is 29.8 Å². The number of carbonyl (C=O) groups is 2. The van der Waals surface area contributed by atoms with Gasteiger partial charge in [0.15, 0.2) is 0 Å². The number of carboxylic acid groups (broad SMARTS) is 1. The van der Waals surface area contributed by atoms with E-state index in [0.29, 0.717) is 24.9 Å². The predicted molar refractivity (Wildman–Crippen MR) is 93.2 cm³/mol. The Morgan fingerprint density at radius 1 is 1.40 bits per heavy atom. The first-order valence-corrected chi connectivity index (χ1v) is 8.33. The van der Waals surface area contributed by atoms with Gasteiger partial charge in [-0.1, -0.05) is 12.1 Å². The number of nitriles is 1. The first-order valence-electron chi connectivity index (χ1n) is 8.33. The predicted octanol–water partition coefficient (Wildman–Crippen LogP) is 4.07. The minimum Gasteiger partial charge on any atom is -0.481 e. The molecule has 0 saturated heterocycles. The third-order valence-corrected chi connectivity index (χ3v) is 4.35. The van der Waals surface area contributed by atoms with Crippen molar-refractivity contribution in [3.63, 3.8) is 0 Å². The standard InChI is InChI=1S/C19H24N2O4/c1-18(2,3)25-17(24)21-15-6-4-5-14(9-15)19(12-16(22)23)10-13(11-19)7-8-20/h4-6,9,13H,7,10-12H2,1-3H3,(H,21,24)(H,22,23)/t13-,19-. The minimum atomic E-state index is -0.860. The van der Waals surface area contributed by atoms with Crippen molar-refractivity contribution in [2.45, 2.75) is 57.5 Å². The minimum absolute atomic E-state index is 0.0187. The number of nitrogens with one attached hydrogen (secondary N) is 1. The molecule has 25 heavy (non-hydrogen) atoms. The maximum Gasteiger partial charge on any atom is 0.412 e. The van der Waals surface area contributed by atoms with Crippen LogP contribution in [0.3, 0.4) is 0 Å². The lowest BCUT2D eigenvalue weighted by atomic mass is 9.56. The molecular weight excluding hydrogens is 320 g/mol. The van der Waals surface area contributed by atoms with Crippen molar-refractivity contribution in [2.75, 3.05) is 5.32 Å². The van der Waals surface area contributed by atoms with Crippen molar-refractivity contribution in [3.8, 4) is 6.07 Å². The van der Waals surface area contributed by atoms with Crippen LogP contribution in [0.5, 0.6) is 0 Å². The summed E-state index contributed by atoms with van der Waals surface area (Å²) in [6, 6.07) is 9.37. The second-order valence-electron chi connectivity index (χ2n) is 7.70. The molecule has 0 radical (unpaired) electrons. The third kappa shape index (κ3) is 4.96. The van der Waals surface area contributed by atoms with Gasteiger partial charge < -0.3 is 9.84 Å². The van der Waals surface area contributed by atoms with E-state index in [-0.39, 0.29) is 12.3 Å². The van der Waals surface area contributed by atoms with Crippen LogP contribution in [-0.2, 0) is 14.9 Å². The lowest BCUT2D eigenvalue weighted by molar-refractivity contribution is -0.140. The normalized spacial score (nSPS) is 22.4. The van der Waals surface area contributed by atoms with Gasteiger partial charge >= 0.3 is 12.1 Å². The Bertz CT molecular complexity index is 694. The number of hydrogen-bond acceptors (Lipinski definition) is 4. The Kier molecular flexibility index (Phi) is 5.36. The Hall–Kier alpha value is -2.55. The van der Waals surface area contributed by atoms with Gasteiger partial charge in [0.25, 0.3) is 0 Å². The molecule has 0 spiro atoms. The lowest BCUT2D eigenvalue weighted by Gasteiger charge is -2.47. The number of benzene rings is 1. The van der Waals surface area contributed by atoms with E-state index in [4.69, 9.17) is 10.00 Å². The zero-order chi connectivity index (χ0) is 18.7. The fourth-order valence-electron chi connectivity index (χ4n) is 3.44. The molecule has 6 nitrogen and oxygen atoms in total. The van der Waals surface area contributed by atoms with E-state index in [1.165, 1.54) is 0 Å². The molecule has 1 aromatic rings. The van der Waals surface area contributed by atoms with Crippen molar-refractivity contribution in [1.82, 2.24) is 0 Å². The van der Waals surface area contributed by atoms with Crippen LogP contribution in [-0.4, -0.2) is 22.8 Å². The van der Waals surface area contributed by atoms with Gasteiger partial charge in [-0.15, -0.1) is 0 Å². The number of nitrogens with zero attached hydrogens (tertiary/aromatic N) is 1. The highest BCUT2D eigenvalue weighted by Crippen LogP contribution is 2.51. The van der Waals surface area contributed by atoms with E-state index in [1.807, 2.05) is 6.07 Å². The van der Waals surface area contributed by atoms with Gasteiger partial charge in [-0.3, -0.25) is 10.1 Å². The van der Waals surface area contributed by atoms with Crippen molar-refractivity contribution < 1.29 is 19.4 Å². The summed E-state index contributed by atoms with van der Waals surface area (Å²) in [6.45, 7) is 5.36. The molecule has 134 valence electrons. The quantitative estimate of drug-likeness (QED) is 0.839. The monoisotopic (exact) mass is 344 g/mol. The maximum atomic E-state index is 11.9. The number of amides is 1. The molecule has 1 fully saturated rings. The number of rotatable bonds is 5. The molecule has 1 aromatic carbocycles. The number of hydrogen-bond donors (Lipinski definition) is 2. The summed E-state index contributed by atoms with van der Waals surface area (Å²) in [5.41, 5.74) is 0.377. The maximum absolute atomic E-state index is 11.9. The summed E-state index contributed by atoms with van der Waals surface area (Å²) in [5.74, 6) is -0.632. The molecule has 0 aliphatic heterocycles. The average molecular weight is 344 g/mol. The number of carbonyl (C=O) groups excluding carboxylic acids is 1. The molecule has 0 heterocycles. The largest absolute Gasteiger partial charge is 0.481 e. The molecule has 0 aromatic heterocycles. The summed E-state index contributed by atoms with van der Waals surface area (Å²) < 4.78 is 5.24. The molecule has 1 aliphatic carbocycles. The molecule has 2 rings (SSSR count). The molecular formula is C19H24N2O4. The number of ether oxygens (including phenoxy) is 1. The lowest BCUT2D eigenvalue weighted by Crippen LogP contribution is -2.43. The van der Waals surface area contributed by atoms with Crippen LogP contribution in [0.25, 0.3) is 0 Å². The zero-order valence-corrected chi connectivity index (χ0v) is 14.8. The van der Waals surface area contributed by atoms with Gasteiger partial charge in [0.05, 0.1) is 12.5 Å². The van der Waals surface area contributed by atoms with E-state index in [2.05, 4.69) is 11.4 Å². The molecule has 1 amide bonds. The second kappa shape index (κ2) is 7.14. The smallest absolute Gasteiger partial charge is 0.412 e. The Morgan fingerprint density at radius 2 is 2.08 bits per heavy atom. The fraction of sp³-hybridized carbons (Fsp3) is 0.526. The number of anilines is 1. The number of carboxylic acids is 1. The van der Waals surface area contributed by atoms with Crippen molar-refractivity contribution >= 4 is 17.7 Å². The molecule has 0 unspecified atom stereocenters. The van der Waals surface area contributed by atoms with E-state index >= 15 is 0 Å². The summed E-state index contributed by atoms with van der Waals surface area (Å²) in [5, 5.41) is 20.8. The Morgan fingerprint density at radius 3 is 2.64 bits per heavy atom. The van der Waals surface area contributed by atoms with Crippen LogP contribution >= 0.6 is 0 Å². The van der Waals surface area contributed by atoms with E-state index in [1.54, 1.807) is 39.0 Å². The van der Waals surface area contributed by atoms with E-state index < -0.39 is 23.1 Å². The van der Waals surface area contributed by atoms with Crippen LogP contribution in [0.4, 0.5) is 10.5 Å². The SMILES string of the molecule is CC(C)(C)OC(=O)Nc1cccc([C@]2(CC(=O)O)C[C@@H](CC#N)C2)c1. The van der Waals surface area contributed by atoms with Crippen LogP contribution < -0.4 is 5.32 Å². The molecule has 1 saturated carbocycles. The highest BCUT2D eigenvalue weighted by Gasteiger charge is 2.46. The van der Waals surface area contributed by atoms with Crippen LogP contribution in [0.1, 0.15) is 52.0 Å². The summed E-state index contributed by atoms with van der Waals surface area (Å²) >= 11 is 0. The summed E-state index contributed by atoms with van der Waals surface area (Å²) in [4.78, 5) is 23.2. The molecule has 0 bridgehead atoms. The first kappa shape index (κ1) is 18.8. The van der Waals surface area contributed by atoms with Crippen LogP contribution in [0, 0.1) is 17.2 Å². The van der Waals surface area contributed by atoms with E-state index in [0.717, 1.165) is 5.56 Å². The van der Waals surface area contributed by atoms with Crippen molar-refractivity contribution in [2.24, 2.45) is 5.92 Å². The van der Waals surface area contributed by atoms with Gasteiger partial charge in [-0.25, -0.2) is 4.79 Å². The van der Waals surface area contributed by atoms with Gasteiger partial charge in [0.1, 0.15) is 5.60 Å². The first-order chi connectivity index (χ1) is 11.6. The van der Waals surface area contributed by atoms with Crippen molar-refractivity contribution in [1.29, 1.82) is 5.26 Å². The molecule has 0 atom stereocenters. The topological polar surface area (TPSA) is 99.4 Å². The Labute approximate surface area is 147 Å². The highest BCUT2D eigenvalue weighted by atomic mass is 16.6. The summed E-state index contributed by atoms with van der Waals surface area (Å²) in [7, 11) is 0. The highest BCUT2D eigenvalue weighted by molar-refractivity contribution is 5.85. The second-order valence-corrected chi connectivity index (χ2v) is 7.70. The van der Waals surface area contributed by atoms with Gasteiger partial charge in [0.2, 0.25) is 0 Å². The summed E-state index contributed by atoms with van der Waals surface area (Å²) in [6.07, 6.45) is 1.25. The average Bonchev–Trinajstić information content (AvgIpc) is 2.42. The number of aliphatic carboxylic acids is 1. The van der Waals surface area contributed by atoms with Crippen LogP contribution in [0.2, 0.25) is 0 Å².